The van der Waals surface area contributed by atoms with Crippen molar-refractivity contribution in [1.82, 2.24) is 5.32 Å². The average molecular weight is 289 g/mol. The van der Waals surface area contributed by atoms with Gasteiger partial charge in [-0.25, -0.2) is 4.39 Å². The fraction of sp³-hybridized carbons (Fsp3) is 0.462. The lowest BCUT2D eigenvalue weighted by atomic mass is 10.1. The van der Waals surface area contributed by atoms with Gasteiger partial charge in [0.05, 0.1) is 19.1 Å². The van der Waals surface area contributed by atoms with Crippen molar-refractivity contribution in [1.29, 1.82) is 0 Å². The first-order valence-electron chi connectivity index (χ1n) is 6.03. The van der Waals surface area contributed by atoms with Crippen LogP contribution in [-0.2, 0) is 9.53 Å². The summed E-state index contributed by atoms with van der Waals surface area (Å²) in [5.41, 5.74) is 1.36. The number of halogens is 2. The van der Waals surface area contributed by atoms with Crippen molar-refractivity contribution in [2.24, 2.45) is 0 Å². The molecule has 19 heavy (non-hydrogen) atoms. The smallest absolute Gasteiger partial charge is 0.227 e. The van der Waals surface area contributed by atoms with E-state index >= 15 is 0 Å². The molecule has 1 unspecified atom stereocenters. The molecule has 0 radical (unpaired) electrons. The predicted octanol–water partition coefficient (Wildman–Crippen LogP) is 1.87. The second-order valence-electron chi connectivity index (χ2n) is 4.41. The van der Waals surface area contributed by atoms with Gasteiger partial charge in [0.2, 0.25) is 5.91 Å². The number of benzene rings is 1. The number of carbonyl (C=O) groups excluding carboxylic acids is 1. The first-order valence-corrected chi connectivity index (χ1v) is 6.03. The number of morpholine rings is 1. The molecule has 1 aromatic rings. The van der Waals surface area contributed by atoms with Gasteiger partial charge in [-0.1, -0.05) is 0 Å². The third-order valence-electron chi connectivity index (χ3n) is 2.88. The van der Waals surface area contributed by atoms with Gasteiger partial charge in [0.15, 0.2) is 0 Å². The van der Waals surface area contributed by atoms with Gasteiger partial charge in [-0.3, -0.25) is 4.79 Å². The van der Waals surface area contributed by atoms with Crippen molar-refractivity contribution < 1.29 is 13.9 Å². The molecule has 1 aliphatic heterocycles. The molecule has 1 aliphatic rings. The Balaban J connectivity index is 0.00000180. The van der Waals surface area contributed by atoms with Crippen LogP contribution in [0.3, 0.4) is 0 Å². The molecule has 1 saturated heterocycles. The van der Waals surface area contributed by atoms with Gasteiger partial charge < -0.3 is 15.4 Å². The minimum absolute atomic E-state index is 0. The topological polar surface area (TPSA) is 50.4 Å². The molecule has 1 heterocycles. The fourth-order valence-electron chi connectivity index (χ4n) is 1.93. The van der Waals surface area contributed by atoms with Crippen molar-refractivity contribution >= 4 is 24.0 Å². The summed E-state index contributed by atoms with van der Waals surface area (Å²) in [6.45, 7) is 3.91. The standard InChI is InChI=1S/C13H17FN2O2.ClH/c1-9-6-10(14)2-3-12(9)16-13(17)7-11-8-15-4-5-18-11;/h2-3,6,11,15H,4-5,7-8H2,1H3,(H,16,17);1H. The molecule has 2 N–H and O–H groups in total. The van der Waals surface area contributed by atoms with Gasteiger partial charge >= 0.3 is 0 Å². The minimum atomic E-state index is -0.301. The quantitative estimate of drug-likeness (QED) is 0.893. The van der Waals surface area contributed by atoms with Gasteiger partial charge in [-0.15, -0.1) is 12.4 Å². The van der Waals surface area contributed by atoms with E-state index < -0.39 is 0 Å². The monoisotopic (exact) mass is 288 g/mol. The Morgan fingerprint density at radius 3 is 3.00 bits per heavy atom. The first-order chi connectivity index (χ1) is 8.65. The molecule has 0 bridgehead atoms. The summed E-state index contributed by atoms with van der Waals surface area (Å²) >= 11 is 0. The molecule has 2 rings (SSSR count). The minimum Gasteiger partial charge on any atom is -0.375 e. The van der Waals surface area contributed by atoms with Gasteiger partial charge in [0.25, 0.3) is 0 Å². The van der Waals surface area contributed by atoms with Gasteiger partial charge in [-0.2, -0.15) is 0 Å². The Hall–Kier alpha value is -1.17. The molecule has 1 atom stereocenters. The van der Waals surface area contributed by atoms with Crippen molar-refractivity contribution in [3.63, 3.8) is 0 Å². The van der Waals surface area contributed by atoms with Crippen molar-refractivity contribution in [2.75, 3.05) is 25.0 Å². The Labute approximate surface area is 118 Å². The number of ether oxygens (including phenoxy) is 1. The van der Waals surface area contributed by atoms with E-state index in [2.05, 4.69) is 10.6 Å². The van der Waals surface area contributed by atoms with Gasteiger partial charge in [0, 0.05) is 18.8 Å². The van der Waals surface area contributed by atoms with Gasteiger partial charge in [0.1, 0.15) is 5.82 Å². The third-order valence-corrected chi connectivity index (χ3v) is 2.88. The third kappa shape index (κ3) is 4.78. The first kappa shape index (κ1) is 15.9. The van der Waals surface area contributed by atoms with Crippen LogP contribution in [0.1, 0.15) is 12.0 Å². The number of nitrogens with one attached hydrogen (secondary N) is 2. The Bertz CT molecular complexity index is 437. The van der Waals surface area contributed by atoms with Crippen LogP contribution in [0.25, 0.3) is 0 Å². The lowest BCUT2D eigenvalue weighted by molar-refractivity contribution is -0.119. The van der Waals surface area contributed by atoms with Crippen LogP contribution >= 0.6 is 12.4 Å². The molecular weight excluding hydrogens is 271 g/mol. The van der Waals surface area contributed by atoms with Gasteiger partial charge in [-0.05, 0) is 30.7 Å². The van der Waals surface area contributed by atoms with E-state index in [4.69, 9.17) is 4.74 Å². The summed E-state index contributed by atoms with van der Waals surface area (Å²) in [6, 6.07) is 4.30. The lowest BCUT2D eigenvalue weighted by Crippen LogP contribution is -2.40. The lowest BCUT2D eigenvalue weighted by Gasteiger charge is -2.23. The maximum atomic E-state index is 12.9. The summed E-state index contributed by atoms with van der Waals surface area (Å²) in [6.07, 6.45) is 0.226. The second kappa shape index (κ2) is 7.43. The zero-order valence-corrected chi connectivity index (χ0v) is 11.6. The van der Waals surface area contributed by atoms with Crippen LogP contribution in [0.2, 0.25) is 0 Å². The Kier molecular flexibility index (Phi) is 6.21. The molecular formula is C13H18ClFN2O2. The van der Waals surface area contributed by atoms with Crippen LogP contribution in [0.5, 0.6) is 0 Å². The van der Waals surface area contributed by atoms with Crippen molar-refractivity contribution in [3.05, 3.63) is 29.6 Å². The maximum absolute atomic E-state index is 12.9. The largest absolute Gasteiger partial charge is 0.375 e. The number of anilines is 1. The molecule has 0 spiro atoms. The summed E-state index contributed by atoms with van der Waals surface area (Å²) in [7, 11) is 0. The van der Waals surface area contributed by atoms with E-state index in [0.29, 0.717) is 30.8 Å². The van der Waals surface area contributed by atoms with E-state index in [-0.39, 0.29) is 30.2 Å². The van der Waals surface area contributed by atoms with Crippen LogP contribution < -0.4 is 10.6 Å². The summed E-state index contributed by atoms with van der Waals surface area (Å²) < 4.78 is 18.4. The van der Waals surface area contributed by atoms with Crippen LogP contribution in [-0.4, -0.2) is 31.7 Å². The number of rotatable bonds is 3. The van der Waals surface area contributed by atoms with Crippen LogP contribution in [0.4, 0.5) is 10.1 Å². The molecule has 6 heteroatoms. The Morgan fingerprint density at radius 2 is 2.37 bits per heavy atom. The molecule has 0 saturated carbocycles. The number of hydrogen-bond acceptors (Lipinski definition) is 3. The number of carbonyl (C=O) groups is 1. The zero-order chi connectivity index (χ0) is 13.0. The second-order valence-corrected chi connectivity index (χ2v) is 4.41. The number of aryl methyl sites for hydroxylation is 1. The van der Waals surface area contributed by atoms with E-state index in [1.54, 1.807) is 13.0 Å². The highest BCUT2D eigenvalue weighted by Crippen LogP contribution is 2.16. The summed E-state index contributed by atoms with van der Waals surface area (Å²) in [5, 5.41) is 5.94. The summed E-state index contributed by atoms with van der Waals surface area (Å²) in [5.74, 6) is -0.413. The zero-order valence-electron chi connectivity index (χ0n) is 10.7. The van der Waals surface area contributed by atoms with Crippen LogP contribution in [0, 0.1) is 12.7 Å². The average Bonchev–Trinajstić information content (AvgIpc) is 2.34. The molecule has 106 valence electrons. The molecule has 1 aromatic carbocycles. The van der Waals surface area contributed by atoms with E-state index in [1.807, 2.05) is 0 Å². The normalized spacial score (nSPS) is 18.5. The number of hydrogen-bond donors (Lipinski definition) is 2. The Morgan fingerprint density at radius 1 is 1.58 bits per heavy atom. The SMILES string of the molecule is Cc1cc(F)ccc1NC(=O)CC1CNCCO1.Cl. The van der Waals surface area contributed by atoms with E-state index in [0.717, 1.165) is 6.54 Å². The highest BCUT2D eigenvalue weighted by molar-refractivity contribution is 5.91. The molecule has 4 nitrogen and oxygen atoms in total. The molecule has 1 amide bonds. The van der Waals surface area contributed by atoms with Crippen LogP contribution in [0.15, 0.2) is 18.2 Å². The maximum Gasteiger partial charge on any atom is 0.227 e. The van der Waals surface area contributed by atoms with Crippen molar-refractivity contribution in [3.8, 4) is 0 Å². The molecule has 1 fully saturated rings. The van der Waals surface area contributed by atoms with E-state index in [1.165, 1.54) is 12.1 Å². The van der Waals surface area contributed by atoms with Crippen molar-refractivity contribution in [2.45, 2.75) is 19.4 Å². The molecule has 0 aromatic heterocycles. The highest BCUT2D eigenvalue weighted by Gasteiger charge is 2.17. The van der Waals surface area contributed by atoms with E-state index in [9.17, 15) is 9.18 Å². The summed E-state index contributed by atoms with van der Waals surface area (Å²) in [4.78, 5) is 11.8. The number of amides is 1. The highest BCUT2D eigenvalue weighted by atomic mass is 35.5. The fourth-order valence-corrected chi connectivity index (χ4v) is 1.93. The predicted molar refractivity (Wildman–Crippen MR) is 74.2 cm³/mol. The molecule has 0 aliphatic carbocycles.